The zero-order valence-electron chi connectivity index (χ0n) is 13.7. The van der Waals surface area contributed by atoms with Crippen LogP contribution in [0.1, 0.15) is 21.5 Å². The van der Waals surface area contributed by atoms with Crippen LogP contribution >= 0.6 is 0 Å². The molecule has 0 aromatic heterocycles. The van der Waals surface area contributed by atoms with Crippen LogP contribution in [0.25, 0.3) is 0 Å². The third-order valence-corrected chi connectivity index (χ3v) is 4.34. The molecule has 6 heteroatoms. The lowest BCUT2D eigenvalue weighted by molar-refractivity contribution is -0.126. The molecule has 0 aliphatic carbocycles. The molecule has 0 saturated carbocycles. The molecule has 1 aliphatic heterocycles. The summed E-state index contributed by atoms with van der Waals surface area (Å²) in [7, 11) is 0. The third kappa shape index (κ3) is 3.64. The maximum Gasteiger partial charge on any atom is 0.254 e. The third-order valence-electron chi connectivity index (χ3n) is 4.34. The van der Waals surface area contributed by atoms with Crippen molar-refractivity contribution in [1.29, 1.82) is 0 Å². The number of carbonyl (C=O) groups is 2. The van der Waals surface area contributed by atoms with Gasteiger partial charge in [-0.05, 0) is 35.4 Å². The quantitative estimate of drug-likeness (QED) is 0.777. The Bertz CT molecular complexity index is 773. The summed E-state index contributed by atoms with van der Waals surface area (Å²) in [4.78, 5) is 27.0. The predicted molar refractivity (Wildman–Crippen MR) is 92.0 cm³/mol. The number of aromatic hydroxyl groups is 1. The molecule has 2 amide bonds. The molecule has 1 heterocycles. The van der Waals surface area contributed by atoms with Gasteiger partial charge in [0.1, 0.15) is 11.8 Å². The molecule has 2 aromatic rings. The second-order valence-corrected chi connectivity index (χ2v) is 5.98. The van der Waals surface area contributed by atoms with Gasteiger partial charge in [0.2, 0.25) is 5.91 Å². The maximum absolute atomic E-state index is 12.9. The summed E-state index contributed by atoms with van der Waals surface area (Å²) in [6, 6.07) is 13.1. The molecule has 1 aliphatic rings. The molecule has 1 atom stereocenters. The van der Waals surface area contributed by atoms with Crippen molar-refractivity contribution in [1.82, 2.24) is 10.2 Å². The van der Waals surface area contributed by atoms with Crippen molar-refractivity contribution < 1.29 is 19.8 Å². The summed E-state index contributed by atoms with van der Waals surface area (Å²) in [5.41, 5.74) is 2.47. The summed E-state index contributed by atoms with van der Waals surface area (Å²) in [6.45, 7) is 0.340. The molecule has 0 bridgehead atoms. The maximum atomic E-state index is 12.9. The number of phenols is 1. The Morgan fingerprint density at radius 2 is 1.76 bits per heavy atom. The van der Waals surface area contributed by atoms with Crippen LogP contribution in [0, 0.1) is 0 Å². The lowest BCUT2D eigenvalue weighted by atomic mass is 9.92. The zero-order valence-corrected chi connectivity index (χ0v) is 13.7. The Kier molecular flexibility index (Phi) is 5.00. The van der Waals surface area contributed by atoms with Crippen LogP contribution in [0.15, 0.2) is 48.5 Å². The first-order valence-electron chi connectivity index (χ1n) is 8.15. The van der Waals surface area contributed by atoms with Crippen molar-refractivity contribution in [2.24, 2.45) is 0 Å². The van der Waals surface area contributed by atoms with Gasteiger partial charge < -0.3 is 20.4 Å². The smallest absolute Gasteiger partial charge is 0.254 e. The normalized spacial score (nSPS) is 16.2. The predicted octanol–water partition coefficient (Wildman–Crippen LogP) is 1.07. The second-order valence-electron chi connectivity index (χ2n) is 5.98. The van der Waals surface area contributed by atoms with Crippen molar-refractivity contribution in [2.75, 3.05) is 13.2 Å². The van der Waals surface area contributed by atoms with Crippen LogP contribution in [-0.2, 0) is 17.8 Å². The van der Waals surface area contributed by atoms with Crippen molar-refractivity contribution in [3.63, 3.8) is 0 Å². The average molecular weight is 340 g/mol. The van der Waals surface area contributed by atoms with E-state index in [4.69, 9.17) is 5.11 Å². The van der Waals surface area contributed by atoms with Gasteiger partial charge in [0, 0.05) is 25.1 Å². The number of benzene rings is 2. The molecule has 25 heavy (non-hydrogen) atoms. The number of hydrogen-bond acceptors (Lipinski definition) is 4. The number of amides is 2. The van der Waals surface area contributed by atoms with Gasteiger partial charge in [-0.1, -0.05) is 24.3 Å². The van der Waals surface area contributed by atoms with Crippen LogP contribution < -0.4 is 5.32 Å². The van der Waals surface area contributed by atoms with Gasteiger partial charge in [-0.2, -0.15) is 0 Å². The molecule has 0 radical (unpaired) electrons. The molecular formula is C19H20N2O4. The van der Waals surface area contributed by atoms with Crippen LogP contribution in [0.5, 0.6) is 5.75 Å². The van der Waals surface area contributed by atoms with Gasteiger partial charge in [-0.15, -0.1) is 0 Å². The molecule has 6 nitrogen and oxygen atoms in total. The molecule has 3 N–H and O–H groups in total. The van der Waals surface area contributed by atoms with E-state index in [0.29, 0.717) is 18.5 Å². The van der Waals surface area contributed by atoms with Gasteiger partial charge in [-0.3, -0.25) is 9.59 Å². The number of phenolic OH excluding ortho intramolecular Hbond substituents is 1. The lowest BCUT2D eigenvalue weighted by Crippen LogP contribution is -2.52. The first-order valence-corrected chi connectivity index (χ1v) is 8.15. The van der Waals surface area contributed by atoms with E-state index in [9.17, 15) is 14.7 Å². The number of aliphatic hydroxyl groups is 1. The fourth-order valence-electron chi connectivity index (χ4n) is 3.04. The number of nitrogens with one attached hydrogen (secondary N) is 1. The standard InChI is InChI=1S/C19H20N2O4/c22-10-9-20-18(24)17-11-14-3-1-2-4-15(14)12-21(17)19(25)13-5-7-16(23)8-6-13/h1-8,17,22-23H,9-12H2,(H,20,24)/t17-/m0/s1. The summed E-state index contributed by atoms with van der Waals surface area (Å²) in [5.74, 6) is -0.466. The van der Waals surface area contributed by atoms with Gasteiger partial charge in [0.15, 0.2) is 0 Å². The Balaban J connectivity index is 1.91. The molecule has 3 rings (SSSR count). The minimum atomic E-state index is -0.636. The molecular weight excluding hydrogens is 320 g/mol. The summed E-state index contributed by atoms with van der Waals surface area (Å²) in [5, 5.41) is 21.0. The highest BCUT2D eigenvalue weighted by Crippen LogP contribution is 2.25. The minimum absolute atomic E-state index is 0.0813. The monoisotopic (exact) mass is 340 g/mol. The van der Waals surface area contributed by atoms with Gasteiger partial charge in [-0.25, -0.2) is 0 Å². The van der Waals surface area contributed by atoms with E-state index in [0.717, 1.165) is 11.1 Å². The number of hydrogen-bond donors (Lipinski definition) is 3. The first kappa shape index (κ1) is 17.0. The Morgan fingerprint density at radius 3 is 2.44 bits per heavy atom. The fraction of sp³-hybridized carbons (Fsp3) is 0.263. The Morgan fingerprint density at radius 1 is 1.08 bits per heavy atom. The molecule has 130 valence electrons. The van der Waals surface area contributed by atoms with Crippen molar-refractivity contribution in [3.8, 4) is 5.75 Å². The number of fused-ring (bicyclic) bond motifs is 1. The highest BCUT2D eigenvalue weighted by Gasteiger charge is 2.34. The molecule has 2 aromatic carbocycles. The summed E-state index contributed by atoms with van der Waals surface area (Å²) < 4.78 is 0. The largest absolute Gasteiger partial charge is 0.508 e. The minimum Gasteiger partial charge on any atom is -0.508 e. The molecule has 0 saturated heterocycles. The molecule has 0 spiro atoms. The number of nitrogens with zero attached hydrogens (tertiary/aromatic N) is 1. The van der Waals surface area contributed by atoms with E-state index in [1.165, 1.54) is 12.1 Å². The van der Waals surface area contributed by atoms with Gasteiger partial charge in [0.05, 0.1) is 6.61 Å². The number of rotatable bonds is 4. The van der Waals surface area contributed by atoms with E-state index in [-0.39, 0.29) is 30.7 Å². The molecule has 0 unspecified atom stereocenters. The van der Waals surface area contributed by atoms with E-state index >= 15 is 0 Å². The SMILES string of the molecule is O=C(NCCO)[C@@H]1Cc2ccccc2CN1C(=O)c1ccc(O)cc1. The number of aliphatic hydroxyl groups excluding tert-OH is 1. The van der Waals surface area contributed by atoms with Gasteiger partial charge in [0.25, 0.3) is 5.91 Å². The lowest BCUT2D eigenvalue weighted by Gasteiger charge is -2.36. The highest BCUT2D eigenvalue weighted by atomic mass is 16.3. The van der Waals surface area contributed by atoms with Crippen molar-refractivity contribution in [3.05, 3.63) is 65.2 Å². The molecule has 0 fully saturated rings. The number of carbonyl (C=O) groups excluding carboxylic acids is 2. The second kappa shape index (κ2) is 7.36. The van der Waals surface area contributed by atoms with E-state index < -0.39 is 6.04 Å². The Labute approximate surface area is 145 Å². The van der Waals surface area contributed by atoms with E-state index in [2.05, 4.69) is 5.32 Å². The average Bonchev–Trinajstić information content (AvgIpc) is 2.65. The van der Waals surface area contributed by atoms with Crippen LogP contribution in [0.2, 0.25) is 0 Å². The van der Waals surface area contributed by atoms with Crippen molar-refractivity contribution >= 4 is 11.8 Å². The van der Waals surface area contributed by atoms with Crippen LogP contribution in [-0.4, -0.2) is 46.1 Å². The zero-order chi connectivity index (χ0) is 17.8. The van der Waals surface area contributed by atoms with Gasteiger partial charge >= 0.3 is 0 Å². The first-order chi connectivity index (χ1) is 12.1. The summed E-state index contributed by atoms with van der Waals surface area (Å²) in [6.07, 6.45) is 0.428. The van der Waals surface area contributed by atoms with E-state index in [1.54, 1.807) is 17.0 Å². The highest BCUT2D eigenvalue weighted by molar-refractivity contribution is 5.98. The van der Waals surface area contributed by atoms with Crippen molar-refractivity contribution in [2.45, 2.75) is 19.0 Å². The van der Waals surface area contributed by atoms with Crippen LogP contribution in [0.4, 0.5) is 0 Å². The Hall–Kier alpha value is -2.86. The van der Waals surface area contributed by atoms with Crippen LogP contribution in [0.3, 0.4) is 0 Å². The van der Waals surface area contributed by atoms with E-state index in [1.807, 2.05) is 24.3 Å². The topological polar surface area (TPSA) is 89.9 Å². The summed E-state index contributed by atoms with van der Waals surface area (Å²) >= 11 is 0. The fourth-order valence-corrected chi connectivity index (χ4v) is 3.04.